The van der Waals surface area contributed by atoms with Gasteiger partial charge in [-0.25, -0.2) is 0 Å². The summed E-state index contributed by atoms with van der Waals surface area (Å²) in [7, 11) is 1.82. The molecular formula is C12H19ClN2O2. The maximum Gasteiger partial charge on any atom is 0.224 e. The van der Waals surface area contributed by atoms with Gasteiger partial charge in [-0.3, -0.25) is 4.79 Å². The topological polar surface area (TPSA) is 45.5 Å². The first kappa shape index (κ1) is 14.1. The number of furan rings is 1. The summed E-state index contributed by atoms with van der Waals surface area (Å²) in [5, 5.41) is 3.33. The second kappa shape index (κ2) is 6.67. The second-order valence-electron chi connectivity index (χ2n) is 4.33. The van der Waals surface area contributed by atoms with Crippen LogP contribution in [0.1, 0.15) is 25.0 Å². The van der Waals surface area contributed by atoms with Gasteiger partial charge in [0, 0.05) is 19.5 Å². The lowest BCUT2D eigenvalue weighted by atomic mass is 10.1. The van der Waals surface area contributed by atoms with Crippen molar-refractivity contribution >= 4 is 18.3 Å². The Morgan fingerprint density at radius 2 is 2.47 bits per heavy atom. The van der Waals surface area contributed by atoms with Crippen molar-refractivity contribution < 1.29 is 9.21 Å². The number of nitrogens with zero attached hydrogens (tertiary/aromatic N) is 1. The van der Waals surface area contributed by atoms with Gasteiger partial charge in [0.25, 0.3) is 0 Å². The van der Waals surface area contributed by atoms with E-state index < -0.39 is 0 Å². The zero-order valence-electron chi connectivity index (χ0n) is 10.0. The SMILES string of the molecule is CN(Cc1ccco1)C(=O)CC1CCCN1.Cl. The lowest BCUT2D eigenvalue weighted by Crippen LogP contribution is -2.33. The van der Waals surface area contributed by atoms with Crippen molar-refractivity contribution in [2.24, 2.45) is 0 Å². The van der Waals surface area contributed by atoms with Crippen molar-refractivity contribution in [1.29, 1.82) is 0 Å². The average molecular weight is 259 g/mol. The molecule has 0 spiro atoms. The highest BCUT2D eigenvalue weighted by Crippen LogP contribution is 2.11. The van der Waals surface area contributed by atoms with Crippen molar-refractivity contribution in [3.63, 3.8) is 0 Å². The number of halogens is 1. The van der Waals surface area contributed by atoms with Gasteiger partial charge in [-0.15, -0.1) is 12.4 Å². The Morgan fingerprint density at radius 1 is 1.65 bits per heavy atom. The summed E-state index contributed by atoms with van der Waals surface area (Å²) in [6, 6.07) is 4.09. The van der Waals surface area contributed by atoms with E-state index in [9.17, 15) is 4.79 Å². The molecule has 1 aromatic heterocycles. The number of hydrogen-bond donors (Lipinski definition) is 1. The maximum absolute atomic E-state index is 11.9. The highest BCUT2D eigenvalue weighted by atomic mass is 35.5. The fourth-order valence-electron chi connectivity index (χ4n) is 2.02. The van der Waals surface area contributed by atoms with Crippen molar-refractivity contribution in [2.45, 2.75) is 31.8 Å². The van der Waals surface area contributed by atoms with Crippen LogP contribution in [0.15, 0.2) is 22.8 Å². The van der Waals surface area contributed by atoms with Gasteiger partial charge in [0.05, 0.1) is 12.8 Å². The van der Waals surface area contributed by atoms with Crippen LogP contribution in [-0.2, 0) is 11.3 Å². The molecule has 0 bridgehead atoms. The molecule has 1 unspecified atom stereocenters. The number of carbonyl (C=O) groups is 1. The van der Waals surface area contributed by atoms with Crippen molar-refractivity contribution in [2.75, 3.05) is 13.6 Å². The molecule has 0 aliphatic carbocycles. The highest BCUT2D eigenvalue weighted by Gasteiger charge is 2.20. The molecule has 1 saturated heterocycles. The maximum atomic E-state index is 11.9. The van der Waals surface area contributed by atoms with Crippen LogP contribution in [-0.4, -0.2) is 30.4 Å². The number of amides is 1. The van der Waals surface area contributed by atoms with Crippen LogP contribution in [0.4, 0.5) is 0 Å². The molecule has 1 fully saturated rings. The van der Waals surface area contributed by atoms with Gasteiger partial charge in [0.2, 0.25) is 5.91 Å². The predicted octanol–water partition coefficient (Wildman–Crippen LogP) is 1.80. The van der Waals surface area contributed by atoms with Crippen LogP contribution in [0.3, 0.4) is 0 Å². The summed E-state index contributed by atoms with van der Waals surface area (Å²) in [5.41, 5.74) is 0. The summed E-state index contributed by atoms with van der Waals surface area (Å²) < 4.78 is 5.21. The van der Waals surface area contributed by atoms with Crippen LogP contribution in [0.25, 0.3) is 0 Å². The summed E-state index contributed by atoms with van der Waals surface area (Å²) in [4.78, 5) is 13.6. The van der Waals surface area contributed by atoms with E-state index in [0.29, 0.717) is 19.0 Å². The molecular weight excluding hydrogens is 240 g/mol. The molecule has 0 radical (unpaired) electrons. The number of hydrogen-bond acceptors (Lipinski definition) is 3. The first-order valence-corrected chi connectivity index (χ1v) is 5.75. The molecule has 4 nitrogen and oxygen atoms in total. The third-order valence-electron chi connectivity index (χ3n) is 2.98. The minimum atomic E-state index is 0. The standard InChI is InChI=1S/C12H18N2O2.ClH/c1-14(9-11-5-3-7-16-11)12(15)8-10-4-2-6-13-10;/h3,5,7,10,13H,2,4,6,8-9H2,1H3;1H. The van der Waals surface area contributed by atoms with Crippen LogP contribution in [0.5, 0.6) is 0 Å². The molecule has 0 saturated carbocycles. The van der Waals surface area contributed by atoms with E-state index in [4.69, 9.17) is 4.42 Å². The lowest BCUT2D eigenvalue weighted by molar-refractivity contribution is -0.131. The third-order valence-corrected chi connectivity index (χ3v) is 2.98. The van der Waals surface area contributed by atoms with Crippen molar-refractivity contribution in [3.05, 3.63) is 24.2 Å². The second-order valence-corrected chi connectivity index (χ2v) is 4.33. The van der Waals surface area contributed by atoms with E-state index in [1.165, 1.54) is 6.42 Å². The Hall–Kier alpha value is -1.00. The highest BCUT2D eigenvalue weighted by molar-refractivity contribution is 5.85. The van der Waals surface area contributed by atoms with E-state index in [1.54, 1.807) is 11.2 Å². The number of carbonyl (C=O) groups excluding carboxylic acids is 1. The monoisotopic (exact) mass is 258 g/mol. The summed E-state index contributed by atoms with van der Waals surface area (Å²) in [5.74, 6) is 1.01. The molecule has 17 heavy (non-hydrogen) atoms. The van der Waals surface area contributed by atoms with Crippen LogP contribution in [0.2, 0.25) is 0 Å². The third kappa shape index (κ3) is 4.06. The zero-order chi connectivity index (χ0) is 11.4. The molecule has 1 amide bonds. The van der Waals surface area contributed by atoms with Gasteiger partial charge in [-0.1, -0.05) is 0 Å². The largest absolute Gasteiger partial charge is 0.467 e. The first-order chi connectivity index (χ1) is 7.75. The molecule has 2 heterocycles. The van der Waals surface area contributed by atoms with Gasteiger partial charge < -0.3 is 14.6 Å². The normalized spacial score (nSPS) is 18.8. The number of nitrogens with one attached hydrogen (secondary N) is 1. The first-order valence-electron chi connectivity index (χ1n) is 5.75. The summed E-state index contributed by atoms with van der Waals surface area (Å²) in [6.07, 6.45) is 4.52. The summed E-state index contributed by atoms with van der Waals surface area (Å²) in [6.45, 7) is 1.60. The molecule has 96 valence electrons. The minimum absolute atomic E-state index is 0. The fraction of sp³-hybridized carbons (Fsp3) is 0.583. The van der Waals surface area contributed by atoms with Gasteiger partial charge >= 0.3 is 0 Å². The number of rotatable bonds is 4. The molecule has 1 aromatic rings. The Bertz CT molecular complexity index is 334. The van der Waals surface area contributed by atoms with E-state index >= 15 is 0 Å². The molecule has 1 aliphatic heterocycles. The Kier molecular flexibility index (Phi) is 5.51. The Labute approximate surface area is 108 Å². The van der Waals surface area contributed by atoms with Gasteiger partial charge in [-0.05, 0) is 31.5 Å². The molecule has 1 aliphatic rings. The van der Waals surface area contributed by atoms with Gasteiger partial charge in [0.1, 0.15) is 5.76 Å². The average Bonchev–Trinajstić information content (AvgIpc) is 2.90. The van der Waals surface area contributed by atoms with Gasteiger partial charge in [0.15, 0.2) is 0 Å². The smallest absolute Gasteiger partial charge is 0.224 e. The quantitative estimate of drug-likeness (QED) is 0.896. The molecule has 1 N–H and O–H groups in total. The van der Waals surface area contributed by atoms with E-state index in [-0.39, 0.29) is 18.3 Å². The van der Waals surface area contributed by atoms with Crippen LogP contribution >= 0.6 is 12.4 Å². The van der Waals surface area contributed by atoms with E-state index in [0.717, 1.165) is 18.7 Å². The van der Waals surface area contributed by atoms with Crippen LogP contribution in [0, 0.1) is 0 Å². The van der Waals surface area contributed by atoms with E-state index in [1.807, 2.05) is 19.2 Å². The Morgan fingerprint density at radius 3 is 3.06 bits per heavy atom. The molecule has 5 heteroatoms. The lowest BCUT2D eigenvalue weighted by Gasteiger charge is -2.18. The molecule has 1 atom stereocenters. The van der Waals surface area contributed by atoms with Crippen LogP contribution < -0.4 is 5.32 Å². The van der Waals surface area contributed by atoms with Crippen molar-refractivity contribution in [3.8, 4) is 0 Å². The zero-order valence-corrected chi connectivity index (χ0v) is 10.8. The molecule has 2 rings (SSSR count). The summed E-state index contributed by atoms with van der Waals surface area (Å²) >= 11 is 0. The predicted molar refractivity (Wildman–Crippen MR) is 68.1 cm³/mol. The van der Waals surface area contributed by atoms with Crippen molar-refractivity contribution in [1.82, 2.24) is 10.2 Å². The van der Waals surface area contributed by atoms with E-state index in [2.05, 4.69) is 5.32 Å². The Balaban J connectivity index is 0.00000144. The minimum Gasteiger partial charge on any atom is -0.467 e. The molecule has 0 aromatic carbocycles. The van der Waals surface area contributed by atoms with Gasteiger partial charge in [-0.2, -0.15) is 0 Å². The fourth-order valence-corrected chi connectivity index (χ4v) is 2.02.